The normalized spacial score (nSPS) is 15.3. The van der Waals surface area contributed by atoms with Gasteiger partial charge in [-0.05, 0) is 25.8 Å². The van der Waals surface area contributed by atoms with E-state index in [1.54, 1.807) is 0 Å². The van der Waals surface area contributed by atoms with Gasteiger partial charge in [-0.3, -0.25) is 0 Å². The number of methoxy groups -OCH3 is 1. The van der Waals surface area contributed by atoms with E-state index in [1.165, 1.54) is 19.2 Å². The standard InChI is InChI=1S/C13H15ClN2O4/c1-13(3-4-13)16-12(19)15-9-6-10(20-2)7(11(17)18)5-8(9)14/h5-6H,3-4H2,1-2H3,(H,17,18)(H2,15,16,19). The zero-order valence-electron chi connectivity index (χ0n) is 11.1. The number of aromatic carboxylic acids is 1. The van der Waals surface area contributed by atoms with Gasteiger partial charge >= 0.3 is 12.0 Å². The van der Waals surface area contributed by atoms with Crippen LogP contribution in [-0.4, -0.2) is 29.8 Å². The minimum atomic E-state index is -1.15. The Bertz CT molecular complexity index is 570. The summed E-state index contributed by atoms with van der Waals surface area (Å²) in [4.78, 5) is 22.8. The number of nitrogens with one attached hydrogen (secondary N) is 2. The van der Waals surface area contributed by atoms with Crippen molar-refractivity contribution < 1.29 is 19.4 Å². The third kappa shape index (κ3) is 3.14. The van der Waals surface area contributed by atoms with E-state index in [-0.39, 0.29) is 27.9 Å². The van der Waals surface area contributed by atoms with E-state index in [2.05, 4.69) is 10.6 Å². The lowest BCUT2D eigenvalue weighted by atomic mass is 10.2. The summed E-state index contributed by atoms with van der Waals surface area (Å²) in [6, 6.07) is 2.26. The average Bonchev–Trinajstić information content (AvgIpc) is 3.08. The van der Waals surface area contributed by atoms with Crippen LogP contribution in [0.3, 0.4) is 0 Å². The first kappa shape index (κ1) is 14.5. The maximum absolute atomic E-state index is 11.8. The van der Waals surface area contributed by atoms with E-state index in [9.17, 15) is 9.59 Å². The van der Waals surface area contributed by atoms with Crippen LogP contribution in [0.15, 0.2) is 12.1 Å². The Kier molecular flexibility index (Phi) is 3.76. The maximum Gasteiger partial charge on any atom is 0.339 e. The molecule has 2 rings (SSSR count). The molecule has 0 heterocycles. The topological polar surface area (TPSA) is 87.7 Å². The fraction of sp³-hybridized carbons (Fsp3) is 0.385. The number of hydrogen-bond donors (Lipinski definition) is 3. The zero-order chi connectivity index (χ0) is 14.9. The molecule has 0 atom stereocenters. The molecule has 0 aromatic heterocycles. The number of carbonyl (C=O) groups is 2. The average molecular weight is 299 g/mol. The van der Waals surface area contributed by atoms with Crippen molar-refractivity contribution in [2.24, 2.45) is 0 Å². The van der Waals surface area contributed by atoms with Crippen molar-refractivity contribution in [1.82, 2.24) is 5.32 Å². The first-order valence-electron chi connectivity index (χ1n) is 6.05. The fourth-order valence-electron chi connectivity index (χ4n) is 1.73. The van der Waals surface area contributed by atoms with Gasteiger partial charge in [0.1, 0.15) is 11.3 Å². The second kappa shape index (κ2) is 5.20. The highest BCUT2D eigenvalue weighted by molar-refractivity contribution is 6.34. The molecule has 2 amide bonds. The number of halogens is 1. The Morgan fingerprint density at radius 1 is 1.40 bits per heavy atom. The molecular weight excluding hydrogens is 284 g/mol. The van der Waals surface area contributed by atoms with Gasteiger partial charge < -0.3 is 20.5 Å². The highest BCUT2D eigenvalue weighted by Gasteiger charge is 2.38. The van der Waals surface area contributed by atoms with Gasteiger partial charge in [0, 0.05) is 11.6 Å². The lowest BCUT2D eigenvalue weighted by molar-refractivity contribution is 0.0693. The van der Waals surface area contributed by atoms with Gasteiger partial charge in [-0.15, -0.1) is 0 Å². The largest absolute Gasteiger partial charge is 0.496 e. The summed E-state index contributed by atoms with van der Waals surface area (Å²) in [6.45, 7) is 1.95. The van der Waals surface area contributed by atoms with Gasteiger partial charge in [0.25, 0.3) is 0 Å². The predicted molar refractivity (Wildman–Crippen MR) is 74.8 cm³/mol. The molecule has 1 aromatic carbocycles. The van der Waals surface area contributed by atoms with Gasteiger partial charge in [-0.25, -0.2) is 9.59 Å². The van der Waals surface area contributed by atoms with E-state index in [0.29, 0.717) is 5.69 Å². The van der Waals surface area contributed by atoms with Crippen LogP contribution in [0.5, 0.6) is 5.75 Å². The van der Waals surface area contributed by atoms with Gasteiger partial charge in [-0.1, -0.05) is 11.6 Å². The fourth-order valence-corrected chi connectivity index (χ4v) is 1.94. The highest BCUT2D eigenvalue weighted by Crippen LogP contribution is 2.35. The van der Waals surface area contributed by atoms with Crippen molar-refractivity contribution in [3.8, 4) is 5.75 Å². The Morgan fingerprint density at radius 3 is 2.55 bits per heavy atom. The van der Waals surface area contributed by atoms with Gasteiger partial charge in [0.15, 0.2) is 0 Å². The number of benzene rings is 1. The van der Waals surface area contributed by atoms with E-state index >= 15 is 0 Å². The first-order valence-corrected chi connectivity index (χ1v) is 6.42. The number of rotatable bonds is 4. The Hall–Kier alpha value is -1.95. The van der Waals surface area contributed by atoms with Crippen LogP contribution < -0.4 is 15.4 Å². The number of carboxylic acids is 1. The Morgan fingerprint density at radius 2 is 2.05 bits per heavy atom. The molecule has 0 unspecified atom stereocenters. The summed E-state index contributed by atoms with van der Waals surface area (Å²) in [5.41, 5.74) is 0.0923. The second-order valence-corrected chi connectivity index (χ2v) is 5.38. The summed E-state index contributed by atoms with van der Waals surface area (Å²) in [7, 11) is 1.35. The smallest absolute Gasteiger partial charge is 0.339 e. The third-order valence-electron chi connectivity index (χ3n) is 3.18. The number of anilines is 1. The van der Waals surface area contributed by atoms with Crippen molar-refractivity contribution in [2.75, 3.05) is 12.4 Å². The second-order valence-electron chi connectivity index (χ2n) is 4.98. The molecule has 0 saturated heterocycles. The summed E-state index contributed by atoms with van der Waals surface area (Å²) >= 11 is 5.97. The Balaban J connectivity index is 2.19. The van der Waals surface area contributed by atoms with Crippen LogP contribution in [0, 0.1) is 0 Å². The molecule has 0 spiro atoms. The van der Waals surface area contributed by atoms with Crippen molar-refractivity contribution in [2.45, 2.75) is 25.3 Å². The number of urea groups is 1. The molecule has 1 saturated carbocycles. The lowest BCUT2D eigenvalue weighted by Crippen LogP contribution is -2.37. The zero-order valence-corrected chi connectivity index (χ0v) is 11.9. The summed E-state index contributed by atoms with van der Waals surface area (Å²) in [5, 5.41) is 14.6. The molecule has 0 aliphatic heterocycles. The summed E-state index contributed by atoms with van der Waals surface area (Å²) in [5.74, 6) is -1.01. The minimum Gasteiger partial charge on any atom is -0.496 e. The van der Waals surface area contributed by atoms with Crippen molar-refractivity contribution in [3.05, 3.63) is 22.7 Å². The minimum absolute atomic E-state index is 0.0578. The molecule has 1 fully saturated rings. The number of ether oxygens (including phenoxy) is 1. The first-order chi connectivity index (χ1) is 9.34. The summed E-state index contributed by atoms with van der Waals surface area (Å²) < 4.78 is 4.99. The monoisotopic (exact) mass is 298 g/mol. The van der Waals surface area contributed by atoms with E-state index < -0.39 is 5.97 Å². The molecule has 1 aromatic rings. The van der Waals surface area contributed by atoms with Crippen LogP contribution in [-0.2, 0) is 0 Å². The molecule has 0 radical (unpaired) electrons. The highest BCUT2D eigenvalue weighted by atomic mass is 35.5. The third-order valence-corrected chi connectivity index (χ3v) is 3.50. The molecule has 7 heteroatoms. The van der Waals surface area contributed by atoms with Gasteiger partial charge in [-0.2, -0.15) is 0 Å². The van der Waals surface area contributed by atoms with Crippen molar-refractivity contribution in [1.29, 1.82) is 0 Å². The van der Waals surface area contributed by atoms with Crippen molar-refractivity contribution in [3.63, 3.8) is 0 Å². The number of carboxylic acid groups (broad SMARTS) is 1. The molecule has 20 heavy (non-hydrogen) atoms. The molecule has 0 bridgehead atoms. The van der Waals surface area contributed by atoms with Gasteiger partial charge in [0.05, 0.1) is 17.8 Å². The van der Waals surface area contributed by atoms with E-state index in [4.69, 9.17) is 21.4 Å². The van der Waals surface area contributed by atoms with Crippen LogP contribution in [0.4, 0.5) is 10.5 Å². The molecule has 108 valence electrons. The van der Waals surface area contributed by atoms with Crippen LogP contribution in [0.2, 0.25) is 5.02 Å². The van der Waals surface area contributed by atoms with Gasteiger partial charge in [0.2, 0.25) is 0 Å². The quantitative estimate of drug-likeness (QED) is 0.797. The molecular formula is C13H15ClN2O4. The molecule has 6 nitrogen and oxygen atoms in total. The van der Waals surface area contributed by atoms with Crippen molar-refractivity contribution >= 4 is 29.3 Å². The summed E-state index contributed by atoms with van der Waals surface area (Å²) in [6.07, 6.45) is 1.88. The maximum atomic E-state index is 11.8. The molecule has 1 aliphatic rings. The number of hydrogen-bond acceptors (Lipinski definition) is 3. The molecule has 3 N–H and O–H groups in total. The SMILES string of the molecule is COc1cc(NC(=O)NC2(C)CC2)c(Cl)cc1C(=O)O. The Labute approximate surface area is 121 Å². The van der Waals surface area contributed by atoms with Crippen LogP contribution in [0.1, 0.15) is 30.1 Å². The van der Waals surface area contributed by atoms with E-state index in [0.717, 1.165) is 12.8 Å². The molecule has 1 aliphatic carbocycles. The van der Waals surface area contributed by atoms with E-state index in [1.807, 2.05) is 6.92 Å². The van der Waals surface area contributed by atoms with Crippen LogP contribution in [0.25, 0.3) is 0 Å². The predicted octanol–water partition coefficient (Wildman–Crippen LogP) is 2.72. The number of carbonyl (C=O) groups excluding carboxylic acids is 1. The number of amides is 2. The van der Waals surface area contributed by atoms with Crippen LogP contribution >= 0.6 is 11.6 Å². The lowest BCUT2D eigenvalue weighted by Gasteiger charge is -2.15.